The molecule has 0 fully saturated rings. The summed E-state index contributed by atoms with van der Waals surface area (Å²) in [5, 5.41) is 2.38. The molecule has 138 valence electrons. The number of nitrogens with two attached hydrogens (primary N) is 1. The normalized spacial score (nSPS) is 18.2. The summed E-state index contributed by atoms with van der Waals surface area (Å²) in [4.78, 5) is 0. The summed E-state index contributed by atoms with van der Waals surface area (Å²) >= 11 is 0. The number of hydrogen-bond acceptors (Lipinski definition) is 4. The molecule has 0 amide bonds. The molecule has 2 aliphatic rings. The average Bonchev–Trinajstić information content (AvgIpc) is 2.68. The van der Waals surface area contributed by atoms with E-state index in [4.69, 9.17) is 18.9 Å². The molecule has 0 saturated heterocycles. The predicted octanol–water partition coefficient (Wildman–Crippen LogP) is 2.46. The Kier molecular flexibility index (Phi) is 4.89. The van der Waals surface area contributed by atoms with Gasteiger partial charge in [-0.15, -0.1) is 0 Å². The molecule has 0 saturated carbocycles. The van der Waals surface area contributed by atoms with Crippen molar-refractivity contribution >= 4 is 0 Å². The zero-order chi connectivity index (χ0) is 17.9. The van der Waals surface area contributed by atoms with Gasteiger partial charge in [-0.05, 0) is 49.7 Å². The average molecular weight is 356 g/mol. The Morgan fingerprint density at radius 3 is 2.46 bits per heavy atom. The van der Waals surface area contributed by atoms with E-state index >= 15 is 0 Å². The van der Waals surface area contributed by atoms with Gasteiger partial charge in [0.1, 0.15) is 19.3 Å². The Morgan fingerprint density at radius 1 is 0.962 bits per heavy atom. The minimum Gasteiger partial charge on any atom is -0.490 e. The molecule has 2 heterocycles. The number of ether oxygens (including phenoxy) is 4. The molecule has 2 aromatic rings. The van der Waals surface area contributed by atoms with Gasteiger partial charge < -0.3 is 24.3 Å². The molecule has 0 aromatic heterocycles. The van der Waals surface area contributed by atoms with E-state index in [1.54, 1.807) is 0 Å². The SMILES string of the molecule is CCOc1cc2c(cc1OCC)[C@@H](c1ccc3c(c1)OCCO3)[NH2+]CC2. The van der Waals surface area contributed by atoms with Crippen molar-refractivity contribution in [3.05, 3.63) is 47.0 Å². The molecule has 2 N–H and O–H groups in total. The lowest BCUT2D eigenvalue weighted by atomic mass is 9.89. The van der Waals surface area contributed by atoms with E-state index in [9.17, 15) is 0 Å². The first kappa shape index (κ1) is 17.0. The lowest BCUT2D eigenvalue weighted by molar-refractivity contribution is -0.690. The van der Waals surface area contributed by atoms with E-state index in [1.807, 2.05) is 19.9 Å². The summed E-state index contributed by atoms with van der Waals surface area (Å²) in [5.41, 5.74) is 3.85. The van der Waals surface area contributed by atoms with Gasteiger partial charge in [-0.25, -0.2) is 0 Å². The molecule has 4 rings (SSSR count). The minimum absolute atomic E-state index is 0.226. The zero-order valence-corrected chi connectivity index (χ0v) is 15.4. The molecule has 0 bridgehead atoms. The van der Waals surface area contributed by atoms with Crippen LogP contribution in [0.5, 0.6) is 23.0 Å². The Bertz CT molecular complexity index is 790. The number of benzene rings is 2. The van der Waals surface area contributed by atoms with E-state index in [0.29, 0.717) is 26.4 Å². The molecule has 26 heavy (non-hydrogen) atoms. The first-order valence-corrected chi connectivity index (χ1v) is 9.45. The van der Waals surface area contributed by atoms with Gasteiger partial charge in [-0.2, -0.15) is 0 Å². The fourth-order valence-corrected chi connectivity index (χ4v) is 3.76. The lowest BCUT2D eigenvalue weighted by Crippen LogP contribution is -2.87. The number of fused-ring (bicyclic) bond motifs is 2. The van der Waals surface area contributed by atoms with Crippen molar-refractivity contribution in [3.8, 4) is 23.0 Å². The molecular formula is C21H26NO4+. The highest BCUT2D eigenvalue weighted by atomic mass is 16.6. The van der Waals surface area contributed by atoms with Crippen LogP contribution in [-0.2, 0) is 6.42 Å². The summed E-state index contributed by atoms with van der Waals surface area (Å²) in [6.07, 6.45) is 1.03. The van der Waals surface area contributed by atoms with Crippen molar-refractivity contribution in [2.75, 3.05) is 33.0 Å². The second-order valence-electron chi connectivity index (χ2n) is 6.52. The Labute approximate surface area is 154 Å². The first-order chi connectivity index (χ1) is 12.8. The van der Waals surface area contributed by atoms with E-state index in [1.165, 1.54) is 16.7 Å². The monoisotopic (exact) mass is 356 g/mol. The van der Waals surface area contributed by atoms with E-state index < -0.39 is 0 Å². The molecule has 2 aromatic carbocycles. The first-order valence-electron chi connectivity index (χ1n) is 9.45. The van der Waals surface area contributed by atoms with Gasteiger partial charge >= 0.3 is 0 Å². The van der Waals surface area contributed by atoms with Crippen molar-refractivity contribution in [3.63, 3.8) is 0 Å². The Balaban J connectivity index is 1.73. The smallest absolute Gasteiger partial charge is 0.161 e. The Hall–Kier alpha value is -2.40. The maximum absolute atomic E-state index is 5.85. The second kappa shape index (κ2) is 7.46. The maximum Gasteiger partial charge on any atom is 0.161 e. The fourth-order valence-electron chi connectivity index (χ4n) is 3.76. The third-order valence-corrected chi connectivity index (χ3v) is 4.88. The van der Waals surface area contributed by atoms with Crippen LogP contribution < -0.4 is 24.3 Å². The summed E-state index contributed by atoms with van der Waals surface area (Å²) in [6, 6.07) is 10.8. The van der Waals surface area contributed by atoms with Gasteiger partial charge in [-0.3, -0.25) is 0 Å². The molecule has 5 heteroatoms. The highest BCUT2D eigenvalue weighted by molar-refractivity contribution is 5.52. The van der Waals surface area contributed by atoms with Crippen molar-refractivity contribution in [1.82, 2.24) is 0 Å². The molecule has 0 aliphatic carbocycles. The van der Waals surface area contributed by atoms with Gasteiger partial charge in [-0.1, -0.05) is 0 Å². The Morgan fingerprint density at radius 2 is 1.69 bits per heavy atom. The van der Waals surface area contributed by atoms with Crippen LogP contribution in [0.25, 0.3) is 0 Å². The van der Waals surface area contributed by atoms with E-state index in [0.717, 1.165) is 36.0 Å². The molecule has 0 spiro atoms. The van der Waals surface area contributed by atoms with E-state index in [-0.39, 0.29) is 6.04 Å². The second-order valence-corrected chi connectivity index (χ2v) is 6.52. The van der Waals surface area contributed by atoms with Crippen molar-refractivity contribution in [2.45, 2.75) is 26.3 Å². The largest absolute Gasteiger partial charge is 0.490 e. The molecule has 0 radical (unpaired) electrons. The number of quaternary nitrogens is 1. The van der Waals surface area contributed by atoms with Crippen LogP contribution in [0.15, 0.2) is 30.3 Å². The van der Waals surface area contributed by atoms with Crippen LogP contribution >= 0.6 is 0 Å². The topological polar surface area (TPSA) is 53.5 Å². The third-order valence-electron chi connectivity index (χ3n) is 4.88. The van der Waals surface area contributed by atoms with E-state index in [2.05, 4.69) is 29.6 Å². The highest BCUT2D eigenvalue weighted by Gasteiger charge is 2.28. The lowest BCUT2D eigenvalue weighted by Gasteiger charge is -2.27. The van der Waals surface area contributed by atoms with Gasteiger partial charge in [0.15, 0.2) is 23.0 Å². The summed E-state index contributed by atoms with van der Waals surface area (Å²) in [6.45, 7) is 7.52. The molecule has 2 aliphatic heterocycles. The summed E-state index contributed by atoms with van der Waals surface area (Å²) in [5.74, 6) is 3.34. The number of hydrogen-bond donors (Lipinski definition) is 1. The number of rotatable bonds is 5. The maximum atomic E-state index is 5.85. The quantitative estimate of drug-likeness (QED) is 0.894. The molecule has 5 nitrogen and oxygen atoms in total. The predicted molar refractivity (Wildman–Crippen MR) is 98.6 cm³/mol. The van der Waals surface area contributed by atoms with Gasteiger partial charge in [0.25, 0.3) is 0 Å². The van der Waals surface area contributed by atoms with Gasteiger partial charge in [0, 0.05) is 17.5 Å². The van der Waals surface area contributed by atoms with Gasteiger partial charge in [0.2, 0.25) is 0 Å². The van der Waals surface area contributed by atoms with Crippen LogP contribution in [0.2, 0.25) is 0 Å². The molecular weight excluding hydrogens is 330 g/mol. The molecule has 0 unspecified atom stereocenters. The van der Waals surface area contributed by atoms with Crippen LogP contribution in [0.1, 0.15) is 36.6 Å². The van der Waals surface area contributed by atoms with Gasteiger partial charge in [0.05, 0.1) is 19.8 Å². The van der Waals surface area contributed by atoms with Crippen LogP contribution in [-0.4, -0.2) is 33.0 Å². The van der Waals surface area contributed by atoms with Crippen molar-refractivity contribution in [2.24, 2.45) is 0 Å². The summed E-state index contributed by atoms with van der Waals surface area (Å²) < 4.78 is 23.1. The molecule has 1 atom stereocenters. The minimum atomic E-state index is 0.226. The zero-order valence-electron chi connectivity index (χ0n) is 15.4. The summed E-state index contributed by atoms with van der Waals surface area (Å²) in [7, 11) is 0. The van der Waals surface area contributed by atoms with Crippen molar-refractivity contribution in [1.29, 1.82) is 0 Å². The third kappa shape index (κ3) is 3.19. The standard InChI is InChI=1S/C21H25NO4/c1-3-23-19-11-14-7-8-22-21(16(14)13-20(19)24-4-2)15-5-6-17-18(12-15)26-10-9-25-17/h5-6,11-13,21-22H,3-4,7-10H2,1-2H3/p+1/t21-/m1/s1. The highest BCUT2D eigenvalue weighted by Crippen LogP contribution is 2.38. The van der Waals surface area contributed by atoms with Crippen LogP contribution in [0, 0.1) is 0 Å². The fraction of sp³-hybridized carbons (Fsp3) is 0.429. The van der Waals surface area contributed by atoms with Crippen LogP contribution in [0.4, 0.5) is 0 Å². The van der Waals surface area contributed by atoms with Crippen LogP contribution in [0.3, 0.4) is 0 Å². The van der Waals surface area contributed by atoms with Crippen molar-refractivity contribution < 1.29 is 24.3 Å².